The fourth-order valence-corrected chi connectivity index (χ4v) is 3.05. The summed E-state index contributed by atoms with van der Waals surface area (Å²) in [5.74, 6) is 0.767. The molecule has 0 saturated carbocycles. The van der Waals surface area contributed by atoms with Gasteiger partial charge in [-0.25, -0.2) is 4.99 Å². The molecule has 0 saturated heterocycles. The third-order valence-electron chi connectivity index (χ3n) is 4.44. The Morgan fingerprint density at radius 2 is 1.57 bits per heavy atom. The highest BCUT2D eigenvalue weighted by atomic mass is 16.6. The van der Waals surface area contributed by atoms with Gasteiger partial charge in [0.25, 0.3) is 0 Å². The van der Waals surface area contributed by atoms with E-state index in [9.17, 15) is 5.21 Å². The van der Waals surface area contributed by atoms with E-state index in [4.69, 9.17) is 5.11 Å². The summed E-state index contributed by atoms with van der Waals surface area (Å²) in [4.78, 5) is 4.35. The van der Waals surface area contributed by atoms with Crippen molar-refractivity contribution in [1.82, 2.24) is 0 Å². The van der Waals surface area contributed by atoms with E-state index in [1.54, 1.807) is 0 Å². The van der Waals surface area contributed by atoms with Gasteiger partial charge in [-0.05, 0) is 6.42 Å². The Balaban J connectivity index is 1.97. The van der Waals surface area contributed by atoms with Gasteiger partial charge < -0.3 is 15.0 Å². The Kier molecular flexibility index (Phi) is 9.89. The second-order valence-corrected chi connectivity index (χ2v) is 6.29. The maximum absolute atomic E-state index is 12.4. The number of aliphatic hydroxyl groups excluding tert-OH is 1. The molecule has 1 heterocycles. The lowest BCUT2D eigenvalue weighted by Crippen LogP contribution is -2.47. The number of nitrogens with zero attached hydrogens (tertiary/aromatic N) is 2. The van der Waals surface area contributed by atoms with Crippen molar-refractivity contribution >= 4 is 5.84 Å². The van der Waals surface area contributed by atoms with Crippen LogP contribution in [0, 0.1) is 5.21 Å². The van der Waals surface area contributed by atoms with Gasteiger partial charge in [-0.1, -0.05) is 64.7 Å². The highest BCUT2D eigenvalue weighted by molar-refractivity contribution is 5.77. The van der Waals surface area contributed by atoms with Crippen LogP contribution in [0.2, 0.25) is 0 Å². The molecule has 0 aromatic rings. The molecule has 4 heteroatoms. The first-order valence-electron chi connectivity index (χ1n) is 8.96. The maximum Gasteiger partial charge on any atom is 0.198 e. The van der Waals surface area contributed by atoms with Crippen LogP contribution in [-0.2, 0) is 0 Å². The molecule has 4 nitrogen and oxygen atoms in total. The zero-order valence-corrected chi connectivity index (χ0v) is 13.9. The summed E-state index contributed by atoms with van der Waals surface area (Å²) in [6, 6.07) is 0. The Morgan fingerprint density at radius 1 is 1.00 bits per heavy atom. The van der Waals surface area contributed by atoms with E-state index in [0.717, 1.165) is 18.7 Å². The first-order chi connectivity index (χ1) is 10.2. The zero-order chi connectivity index (χ0) is 15.4. The molecule has 124 valence electrons. The van der Waals surface area contributed by atoms with Gasteiger partial charge in [0, 0.05) is 6.42 Å². The van der Waals surface area contributed by atoms with Gasteiger partial charge in [0.05, 0.1) is 13.2 Å². The number of amidine groups is 1. The molecule has 0 amide bonds. The van der Waals surface area contributed by atoms with Crippen molar-refractivity contribution < 1.29 is 9.75 Å². The van der Waals surface area contributed by atoms with Crippen LogP contribution >= 0.6 is 0 Å². The molecular formula is C17H34N2O2. The second-order valence-electron chi connectivity index (χ2n) is 6.29. The van der Waals surface area contributed by atoms with E-state index in [0.29, 0.717) is 13.1 Å². The number of hydroxylamine groups is 3. The Morgan fingerprint density at radius 3 is 2.14 bits per heavy atom. The first-order valence-corrected chi connectivity index (χ1v) is 8.96. The van der Waals surface area contributed by atoms with Crippen molar-refractivity contribution in [2.24, 2.45) is 4.99 Å². The van der Waals surface area contributed by atoms with E-state index >= 15 is 0 Å². The van der Waals surface area contributed by atoms with E-state index in [1.807, 2.05) is 0 Å². The molecule has 1 rings (SSSR count). The highest BCUT2D eigenvalue weighted by Gasteiger charge is 2.28. The van der Waals surface area contributed by atoms with E-state index in [-0.39, 0.29) is 17.8 Å². The standard InChI is InChI=1S/C17H34N2O2/c1-2-3-4-5-6-7-8-9-10-11-12-17-18-13-14-19(17,21)15-16-20/h20H,2-16H2,1H3. The number of unbranched alkanes of at least 4 members (excludes halogenated alkanes) is 9. The van der Waals surface area contributed by atoms with Gasteiger partial charge in [-0.3, -0.25) is 0 Å². The SMILES string of the molecule is CCCCCCCCCCCCC1=NCC[N+]1([O-])CCO. The summed E-state index contributed by atoms with van der Waals surface area (Å²) < 4.78 is -0.367. The predicted octanol–water partition coefficient (Wildman–Crippen LogP) is 4.02. The lowest BCUT2D eigenvalue weighted by molar-refractivity contribution is -0.784. The molecule has 1 aliphatic rings. The van der Waals surface area contributed by atoms with Crippen LogP contribution in [0.3, 0.4) is 0 Å². The topological polar surface area (TPSA) is 55.7 Å². The smallest absolute Gasteiger partial charge is 0.198 e. The average molecular weight is 298 g/mol. The molecule has 0 spiro atoms. The van der Waals surface area contributed by atoms with E-state index < -0.39 is 0 Å². The van der Waals surface area contributed by atoms with Crippen LogP contribution in [0.5, 0.6) is 0 Å². The number of aliphatic imine (C=N–C) groups is 1. The quantitative estimate of drug-likeness (QED) is 0.317. The summed E-state index contributed by atoms with van der Waals surface area (Å²) >= 11 is 0. The van der Waals surface area contributed by atoms with Crippen LogP contribution in [0.4, 0.5) is 0 Å². The number of aliphatic hydroxyl groups is 1. The van der Waals surface area contributed by atoms with Crippen molar-refractivity contribution in [3.63, 3.8) is 0 Å². The zero-order valence-electron chi connectivity index (χ0n) is 13.9. The van der Waals surface area contributed by atoms with Crippen LogP contribution < -0.4 is 0 Å². The molecule has 0 aliphatic carbocycles. The second kappa shape index (κ2) is 11.2. The van der Waals surface area contributed by atoms with Gasteiger partial charge in [0.1, 0.15) is 13.1 Å². The van der Waals surface area contributed by atoms with Crippen molar-refractivity contribution in [2.75, 3.05) is 26.2 Å². The van der Waals surface area contributed by atoms with Crippen molar-refractivity contribution in [2.45, 2.75) is 77.6 Å². The normalized spacial score (nSPS) is 21.8. The summed E-state index contributed by atoms with van der Waals surface area (Å²) in [6.07, 6.45) is 13.9. The number of hydrogen-bond donors (Lipinski definition) is 1. The minimum absolute atomic E-state index is 0.0411. The summed E-state index contributed by atoms with van der Waals surface area (Å²) in [5, 5.41) is 21.4. The number of quaternary nitrogens is 1. The molecular weight excluding hydrogens is 264 g/mol. The Labute approximate surface area is 130 Å². The van der Waals surface area contributed by atoms with Crippen molar-refractivity contribution in [1.29, 1.82) is 0 Å². The summed E-state index contributed by atoms with van der Waals surface area (Å²) in [5.41, 5.74) is 0. The minimum Gasteiger partial charge on any atom is -0.626 e. The fraction of sp³-hybridized carbons (Fsp3) is 0.941. The number of rotatable bonds is 13. The van der Waals surface area contributed by atoms with Crippen molar-refractivity contribution in [3.05, 3.63) is 5.21 Å². The Hall–Kier alpha value is -0.450. The third kappa shape index (κ3) is 7.39. The molecule has 21 heavy (non-hydrogen) atoms. The van der Waals surface area contributed by atoms with Crippen LogP contribution in [0.15, 0.2) is 4.99 Å². The van der Waals surface area contributed by atoms with Gasteiger partial charge >= 0.3 is 0 Å². The van der Waals surface area contributed by atoms with Gasteiger partial charge in [-0.2, -0.15) is 0 Å². The van der Waals surface area contributed by atoms with E-state index in [1.165, 1.54) is 57.8 Å². The molecule has 0 fully saturated rings. The Bertz CT molecular complexity index is 295. The lowest BCUT2D eigenvalue weighted by Gasteiger charge is -2.38. The lowest BCUT2D eigenvalue weighted by atomic mass is 10.1. The van der Waals surface area contributed by atoms with Gasteiger partial charge in [0.15, 0.2) is 5.84 Å². The molecule has 1 unspecified atom stereocenters. The van der Waals surface area contributed by atoms with Crippen LogP contribution in [0.25, 0.3) is 0 Å². The summed E-state index contributed by atoms with van der Waals surface area (Å²) in [6.45, 7) is 3.64. The first kappa shape index (κ1) is 18.6. The molecule has 0 aromatic heterocycles. The molecule has 1 aliphatic heterocycles. The molecule has 0 radical (unpaired) electrons. The monoisotopic (exact) mass is 298 g/mol. The maximum atomic E-state index is 12.4. The fourth-order valence-electron chi connectivity index (χ4n) is 3.05. The van der Waals surface area contributed by atoms with Gasteiger partial charge in [0.2, 0.25) is 0 Å². The van der Waals surface area contributed by atoms with Crippen molar-refractivity contribution in [3.8, 4) is 0 Å². The number of hydrogen-bond acceptors (Lipinski definition) is 3. The van der Waals surface area contributed by atoms with E-state index in [2.05, 4.69) is 11.9 Å². The third-order valence-corrected chi connectivity index (χ3v) is 4.44. The molecule has 0 aromatic carbocycles. The summed E-state index contributed by atoms with van der Waals surface area (Å²) in [7, 11) is 0. The average Bonchev–Trinajstić information content (AvgIpc) is 2.82. The predicted molar refractivity (Wildman–Crippen MR) is 89.2 cm³/mol. The minimum atomic E-state index is -0.367. The van der Waals surface area contributed by atoms with Crippen LogP contribution in [-0.4, -0.2) is 41.8 Å². The molecule has 1 atom stereocenters. The van der Waals surface area contributed by atoms with Crippen LogP contribution in [0.1, 0.15) is 77.6 Å². The highest BCUT2D eigenvalue weighted by Crippen LogP contribution is 2.18. The largest absolute Gasteiger partial charge is 0.626 e. The molecule has 0 bridgehead atoms. The van der Waals surface area contributed by atoms with Gasteiger partial charge in [-0.15, -0.1) is 0 Å². The molecule has 1 N–H and O–H groups in total.